The van der Waals surface area contributed by atoms with E-state index >= 15 is 0 Å². The van der Waals surface area contributed by atoms with Gasteiger partial charge in [0.2, 0.25) is 0 Å². The number of hydrogen-bond acceptors (Lipinski definition) is 3. The highest BCUT2D eigenvalue weighted by molar-refractivity contribution is 5.85. The van der Waals surface area contributed by atoms with Crippen molar-refractivity contribution < 1.29 is 17.9 Å². The summed E-state index contributed by atoms with van der Waals surface area (Å²) in [6.45, 7) is 4.11. The average Bonchev–Trinajstić information content (AvgIpc) is 3.07. The van der Waals surface area contributed by atoms with E-state index in [4.69, 9.17) is 4.74 Å². The zero-order valence-electron chi connectivity index (χ0n) is 14.0. The largest absolute Gasteiger partial charge is 0.417 e. The molecule has 1 saturated heterocycles. The summed E-state index contributed by atoms with van der Waals surface area (Å²) in [7, 11) is 0. The van der Waals surface area contributed by atoms with Gasteiger partial charge in [0, 0.05) is 37.4 Å². The highest BCUT2D eigenvalue weighted by Crippen LogP contribution is 2.29. The molecule has 3 heterocycles. The summed E-state index contributed by atoms with van der Waals surface area (Å²) in [6.07, 6.45) is -1.66. The molecule has 0 spiro atoms. The first-order valence-electron chi connectivity index (χ1n) is 8.45. The van der Waals surface area contributed by atoms with E-state index in [2.05, 4.69) is 16.0 Å². The lowest BCUT2D eigenvalue weighted by molar-refractivity contribution is -0.137. The third kappa shape index (κ3) is 3.32. The normalized spacial score (nSPS) is 16.3. The number of hydrogen-bond donors (Lipinski definition) is 0. The molecule has 4 rings (SSSR count). The lowest BCUT2D eigenvalue weighted by Crippen LogP contribution is -2.35. The summed E-state index contributed by atoms with van der Waals surface area (Å²) >= 11 is 0. The number of alkyl halides is 3. The molecule has 0 aliphatic carbocycles. The first kappa shape index (κ1) is 17.1. The number of fused-ring (bicyclic) bond motifs is 1. The van der Waals surface area contributed by atoms with E-state index in [1.807, 2.05) is 29.0 Å². The Morgan fingerprint density at radius 1 is 1.04 bits per heavy atom. The Balaban J connectivity index is 1.66. The first-order chi connectivity index (χ1) is 12.5. The van der Waals surface area contributed by atoms with Crippen molar-refractivity contribution in [1.82, 2.24) is 14.5 Å². The van der Waals surface area contributed by atoms with Crippen molar-refractivity contribution >= 4 is 10.9 Å². The molecule has 0 N–H and O–H groups in total. The molecule has 0 atom stereocenters. The van der Waals surface area contributed by atoms with Crippen molar-refractivity contribution in [3.05, 3.63) is 59.9 Å². The van der Waals surface area contributed by atoms with Crippen LogP contribution in [-0.2, 0) is 17.5 Å². The maximum atomic E-state index is 12.7. The van der Waals surface area contributed by atoms with Crippen LogP contribution < -0.4 is 0 Å². The molecular formula is C19H18F3N3O. The summed E-state index contributed by atoms with van der Waals surface area (Å²) in [6, 6.07) is 10.5. The minimum Gasteiger partial charge on any atom is -0.379 e. The van der Waals surface area contributed by atoms with Gasteiger partial charge in [-0.1, -0.05) is 12.1 Å². The zero-order chi connectivity index (χ0) is 18.1. The van der Waals surface area contributed by atoms with E-state index in [9.17, 15) is 13.2 Å². The number of pyridine rings is 1. The van der Waals surface area contributed by atoms with Crippen LogP contribution in [0.2, 0.25) is 0 Å². The van der Waals surface area contributed by atoms with Gasteiger partial charge < -0.3 is 9.30 Å². The minimum absolute atomic E-state index is 0.469. The van der Waals surface area contributed by atoms with Crippen molar-refractivity contribution in [3.8, 4) is 5.82 Å². The lowest BCUT2D eigenvalue weighted by Gasteiger charge is -2.26. The number of benzene rings is 1. The van der Waals surface area contributed by atoms with Crippen LogP contribution in [0, 0.1) is 0 Å². The second-order valence-corrected chi connectivity index (χ2v) is 6.33. The number of ether oxygens (including phenoxy) is 1. The monoisotopic (exact) mass is 361 g/mol. The van der Waals surface area contributed by atoms with Crippen molar-refractivity contribution in [2.24, 2.45) is 0 Å². The van der Waals surface area contributed by atoms with E-state index in [0.717, 1.165) is 56.0 Å². The van der Waals surface area contributed by atoms with E-state index in [0.29, 0.717) is 5.82 Å². The molecule has 7 heteroatoms. The van der Waals surface area contributed by atoms with Gasteiger partial charge in [-0.3, -0.25) is 4.90 Å². The van der Waals surface area contributed by atoms with Crippen LogP contribution >= 0.6 is 0 Å². The Morgan fingerprint density at radius 3 is 2.54 bits per heavy atom. The number of aromatic nitrogens is 2. The average molecular weight is 361 g/mol. The van der Waals surface area contributed by atoms with Gasteiger partial charge in [-0.2, -0.15) is 13.2 Å². The third-order valence-electron chi connectivity index (χ3n) is 4.64. The molecule has 1 aliphatic rings. The molecule has 0 saturated carbocycles. The van der Waals surface area contributed by atoms with Crippen LogP contribution in [0.4, 0.5) is 13.2 Å². The Bertz CT molecular complexity index is 897. The fraction of sp³-hybridized carbons (Fsp3) is 0.316. The molecule has 1 aromatic carbocycles. The van der Waals surface area contributed by atoms with Crippen LogP contribution in [0.5, 0.6) is 0 Å². The van der Waals surface area contributed by atoms with E-state index in [1.165, 1.54) is 11.6 Å². The van der Waals surface area contributed by atoms with Gasteiger partial charge in [0.1, 0.15) is 5.82 Å². The first-order valence-corrected chi connectivity index (χ1v) is 8.45. The van der Waals surface area contributed by atoms with Gasteiger partial charge >= 0.3 is 6.18 Å². The van der Waals surface area contributed by atoms with Crippen LogP contribution in [0.25, 0.3) is 16.7 Å². The molecule has 1 aliphatic heterocycles. The van der Waals surface area contributed by atoms with Crippen molar-refractivity contribution in [2.45, 2.75) is 12.7 Å². The highest BCUT2D eigenvalue weighted by atomic mass is 19.4. The van der Waals surface area contributed by atoms with Gasteiger partial charge in [0.15, 0.2) is 0 Å². The van der Waals surface area contributed by atoms with E-state index < -0.39 is 11.7 Å². The summed E-state index contributed by atoms with van der Waals surface area (Å²) in [4.78, 5) is 6.34. The van der Waals surface area contributed by atoms with Gasteiger partial charge in [0.25, 0.3) is 0 Å². The molecular weight excluding hydrogens is 343 g/mol. The molecule has 26 heavy (non-hydrogen) atoms. The summed E-state index contributed by atoms with van der Waals surface area (Å²) in [5.41, 5.74) is 1.38. The summed E-state index contributed by atoms with van der Waals surface area (Å²) < 4.78 is 45.4. The zero-order valence-corrected chi connectivity index (χ0v) is 14.0. The van der Waals surface area contributed by atoms with E-state index in [-0.39, 0.29) is 0 Å². The van der Waals surface area contributed by atoms with Gasteiger partial charge in [-0.15, -0.1) is 0 Å². The standard InChI is InChI=1S/C19H18F3N3O/c20-19(21,22)15-4-5-18(23-12-15)25-7-6-16-14(2-1-3-17(16)25)13-24-8-10-26-11-9-24/h1-7,12H,8-11,13H2. The van der Waals surface area contributed by atoms with Crippen LogP contribution in [-0.4, -0.2) is 40.8 Å². The lowest BCUT2D eigenvalue weighted by atomic mass is 10.1. The Kier molecular flexibility index (Phi) is 4.42. The maximum Gasteiger partial charge on any atom is 0.417 e. The van der Waals surface area contributed by atoms with E-state index in [1.54, 1.807) is 0 Å². The number of halogens is 3. The Labute approximate surface area is 148 Å². The van der Waals surface area contributed by atoms with Crippen LogP contribution in [0.1, 0.15) is 11.1 Å². The fourth-order valence-electron chi connectivity index (χ4n) is 3.27. The van der Waals surface area contributed by atoms with Crippen LogP contribution in [0.3, 0.4) is 0 Å². The van der Waals surface area contributed by atoms with Crippen molar-refractivity contribution in [3.63, 3.8) is 0 Å². The molecule has 4 nitrogen and oxygen atoms in total. The minimum atomic E-state index is -4.38. The smallest absolute Gasteiger partial charge is 0.379 e. The third-order valence-corrected chi connectivity index (χ3v) is 4.64. The SMILES string of the molecule is FC(F)(F)c1ccc(-n2ccc3c(CN4CCOCC4)cccc32)nc1. The molecule has 0 bridgehead atoms. The molecule has 1 fully saturated rings. The summed E-state index contributed by atoms with van der Waals surface area (Å²) in [5, 5.41) is 1.08. The number of nitrogens with zero attached hydrogens (tertiary/aromatic N) is 3. The Hall–Kier alpha value is -2.38. The predicted octanol–water partition coefficient (Wildman–Crippen LogP) is 3.88. The molecule has 136 valence electrons. The van der Waals surface area contributed by atoms with Crippen molar-refractivity contribution in [2.75, 3.05) is 26.3 Å². The Morgan fingerprint density at radius 2 is 1.85 bits per heavy atom. The molecule has 0 unspecified atom stereocenters. The number of rotatable bonds is 3. The predicted molar refractivity (Wildman–Crippen MR) is 92.2 cm³/mol. The van der Waals surface area contributed by atoms with Gasteiger partial charge in [0.05, 0.1) is 24.3 Å². The number of morpholine rings is 1. The molecule has 3 aromatic rings. The molecule has 0 radical (unpaired) electrons. The molecule has 2 aromatic heterocycles. The highest BCUT2D eigenvalue weighted by Gasteiger charge is 2.30. The topological polar surface area (TPSA) is 30.3 Å². The van der Waals surface area contributed by atoms with Crippen LogP contribution in [0.15, 0.2) is 48.8 Å². The molecule has 0 amide bonds. The summed E-state index contributed by atoms with van der Waals surface area (Å²) in [5.74, 6) is 0.469. The van der Waals surface area contributed by atoms with Gasteiger partial charge in [-0.25, -0.2) is 4.98 Å². The maximum absolute atomic E-state index is 12.7. The van der Waals surface area contributed by atoms with Gasteiger partial charge in [-0.05, 0) is 29.8 Å². The van der Waals surface area contributed by atoms with Crippen molar-refractivity contribution in [1.29, 1.82) is 0 Å². The second kappa shape index (κ2) is 6.74. The fourth-order valence-corrected chi connectivity index (χ4v) is 3.27. The quantitative estimate of drug-likeness (QED) is 0.709. The second-order valence-electron chi connectivity index (χ2n) is 6.33.